The van der Waals surface area contributed by atoms with Crippen LogP contribution >= 0.6 is 18.7 Å². The zero-order valence-electron chi connectivity index (χ0n) is 12.7. The molecule has 0 aliphatic carbocycles. The molecule has 3 rings (SSSR count). The molecule has 6 heteroatoms. The number of hydrogen-bond acceptors (Lipinski definition) is 3. The fraction of sp³-hybridized carbons (Fsp3) is 0. The molecule has 0 fully saturated rings. The topological polar surface area (TPSA) is 46.2 Å². The van der Waals surface area contributed by atoms with E-state index in [1.54, 1.807) is 30.3 Å². The van der Waals surface area contributed by atoms with E-state index in [9.17, 15) is 8.42 Å². The van der Waals surface area contributed by atoms with Crippen LogP contribution in [0.5, 0.6) is 0 Å². The number of hydrogen-bond donors (Lipinski definition) is 1. The lowest BCUT2D eigenvalue weighted by molar-refractivity contribution is 0.594. The average molecular weight is 373 g/mol. The average Bonchev–Trinajstić information content (AvgIpc) is 2.64. The zero-order valence-corrected chi connectivity index (χ0v) is 15.3. The highest BCUT2D eigenvalue weighted by Crippen LogP contribution is 2.46. The second-order valence-electron chi connectivity index (χ2n) is 4.96. The molecule has 122 valence electrons. The second-order valence-corrected chi connectivity index (χ2v) is 10.5. The van der Waals surface area contributed by atoms with E-state index < -0.39 is 17.1 Å². The van der Waals surface area contributed by atoms with E-state index >= 15 is 0 Å². The van der Waals surface area contributed by atoms with Crippen molar-refractivity contribution in [3.05, 3.63) is 91.0 Å². The first-order valence-electron chi connectivity index (χ1n) is 7.31. The molecule has 0 aromatic heterocycles. The lowest BCUT2D eigenvalue weighted by atomic mass is 10.4. The lowest BCUT2D eigenvalue weighted by Crippen LogP contribution is -2.19. The summed E-state index contributed by atoms with van der Waals surface area (Å²) in [5.74, 6) is 0. The fourth-order valence-electron chi connectivity index (χ4n) is 2.12. The van der Waals surface area contributed by atoms with Crippen molar-refractivity contribution in [1.29, 1.82) is 0 Å². The first-order valence-corrected chi connectivity index (χ1v) is 11.6. The van der Waals surface area contributed by atoms with Gasteiger partial charge < -0.3 is 0 Å². The molecule has 0 unspecified atom stereocenters. The highest BCUT2D eigenvalue weighted by atomic mass is 32.7. The van der Waals surface area contributed by atoms with Crippen molar-refractivity contribution in [1.82, 2.24) is 4.13 Å². The minimum Gasteiger partial charge on any atom is -0.206 e. The van der Waals surface area contributed by atoms with Gasteiger partial charge in [-0.15, -0.1) is 0 Å². The quantitative estimate of drug-likeness (QED) is 0.530. The molecule has 1 N–H and O–H groups in total. The first-order chi connectivity index (χ1) is 11.7. The maximum Gasteiger partial charge on any atom is 0.250 e. The maximum atomic E-state index is 12.5. The Hall–Kier alpha value is -1.65. The molecule has 3 aromatic rings. The maximum absolute atomic E-state index is 12.5. The Bertz CT molecular complexity index is 833. The molecule has 0 amide bonds. The minimum atomic E-state index is -3.54. The largest absolute Gasteiger partial charge is 0.250 e. The van der Waals surface area contributed by atoms with Gasteiger partial charge >= 0.3 is 0 Å². The second kappa shape index (κ2) is 7.95. The van der Waals surface area contributed by atoms with Gasteiger partial charge in [0, 0.05) is 7.12 Å². The summed E-state index contributed by atoms with van der Waals surface area (Å²) in [4.78, 5) is 0.272. The van der Waals surface area contributed by atoms with Gasteiger partial charge in [0.2, 0.25) is 10.0 Å². The highest BCUT2D eigenvalue weighted by molar-refractivity contribution is 8.60. The summed E-state index contributed by atoms with van der Waals surface area (Å²) in [7, 11) is -4.42. The van der Waals surface area contributed by atoms with Crippen molar-refractivity contribution in [3.63, 3.8) is 0 Å². The third-order valence-electron chi connectivity index (χ3n) is 3.27. The van der Waals surface area contributed by atoms with Crippen LogP contribution in [0.1, 0.15) is 0 Å². The number of nitrogens with one attached hydrogen (secondary N) is 1. The molecule has 0 saturated heterocycles. The van der Waals surface area contributed by atoms with E-state index in [0.717, 1.165) is 10.6 Å². The van der Waals surface area contributed by atoms with Crippen LogP contribution in [0.2, 0.25) is 0 Å². The number of sulfonamides is 1. The highest BCUT2D eigenvalue weighted by Gasteiger charge is 2.20. The van der Waals surface area contributed by atoms with Gasteiger partial charge in [0.05, 0.1) is 4.90 Å². The predicted octanol–water partition coefficient (Wildman–Crippen LogP) is 3.66. The fourth-order valence-corrected chi connectivity index (χ4v) is 8.02. The zero-order chi connectivity index (χ0) is 16.8. The molecule has 0 spiro atoms. The van der Waals surface area contributed by atoms with E-state index in [1.165, 1.54) is 11.6 Å². The Morgan fingerprint density at radius 2 is 1.08 bits per heavy atom. The standard InChI is InChI=1S/C18H16NO2PS2/c20-24(21,18-14-8-3-9-15-18)19-23-22(16-10-4-1-5-11-16)17-12-6-2-7-13-17/h1-15,19H. The van der Waals surface area contributed by atoms with Crippen LogP contribution in [-0.4, -0.2) is 8.42 Å². The van der Waals surface area contributed by atoms with Gasteiger partial charge in [-0.3, -0.25) is 0 Å². The predicted molar refractivity (Wildman–Crippen MR) is 103 cm³/mol. The van der Waals surface area contributed by atoms with Crippen LogP contribution < -0.4 is 14.7 Å². The molecule has 0 atom stereocenters. The summed E-state index contributed by atoms with van der Waals surface area (Å²) in [6.45, 7) is 0. The normalized spacial score (nSPS) is 11.5. The summed E-state index contributed by atoms with van der Waals surface area (Å²) in [5, 5.41) is 2.22. The van der Waals surface area contributed by atoms with Crippen molar-refractivity contribution < 1.29 is 8.42 Å². The van der Waals surface area contributed by atoms with Gasteiger partial charge in [0.15, 0.2) is 0 Å². The van der Waals surface area contributed by atoms with Crippen LogP contribution in [0.3, 0.4) is 0 Å². The summed E-state index contributed by atoms with van der Waals surface area (Å²) in [6, 6.07) is 28.4. The van der Waals surface area contributed by atoms with Crippen LogP contribution in [0.15, 0.2) is 95.9 Å². The van der Waals surface area contributed by atoms with Gasteiger partial charge in [-0.25, -0.2) is 8.42 Å². The summed E-state index contributed by atoms with van der Waals surface area (Å²) < 4.78 is 27.6. The summed E-state index contributed by atoms with van der Waals surface area (Å²) in [6.07, 6.45) is 0. The van der Waals surface area contributed by atoms with Gasteiger partial charge in [-0.2, -0.15) is 4.13 Å². The molecule has 24 heavy (non-hydrogen) atoms. The molecular formula is C18H16NO2PS2. The first kappa shape index (κ1) is 17.2. The molecule has 3 aromatic carbocycles. The minimum absolute atomic E-state index is 0.272. The van der Waals surface area contributed by atoms with E-state index in [1.807, 2.05) is 60.7 Å². The van der Waals surface area contributed by atoms with Crippen molar-refractivity contribution in [2.45, 2.75) is 4.90 Å². The molecule has 0 aliphatic rings. The Morgan fingerprint density at radius 3 is 1.54 bits per heavy atom. The Balaban J connectivity index is 1.86. The Morgan fingerprint density at radius 1 is 0.667 bits per heavy atom. The van der Waals surface area contributed by atoms with Gasteiger partial charge in [0.25, 0.3) is 0 Å². The van der Waals surface area contributed by atoms with Crippen LogP contribution in [0, 0.1) is 0 Å². The van der Waals surface area contributed by atoms with Crippen molar-refractivity contribution in [3.8, 4) is 0 Å². The third-order valence-corrected chi connectivity index (χ3v) is 9.54. The van der Waals surface area contributed by atoms with Crippen molar-refractivity contribution in [2.24, 2.45) is 0 Å². The van der Waals surface area contributed by atoms with Gasteiger partial charge in [-0.05, 0) is 34.3 Å². The summed E-state index contributed by atoms with van der Waals surface area (Å²) in [5.41, 5.74) is 0. The number of rotatable bonds is 6. The molecule has 3 nitrogen and oxygen atoms in total. The van der Waals surface area contributed by atoms with Gasteiger partial charge in [0.1, 0.15) is 0 Å². The molecule has 0 bridgehead atoms. The van der Waals surface area contributed by atoms with Crippen molar-refractivity contribution in [2.75, 3.05) is 0 Å². The van der Waals surface area contributed by atoms with E-state index in [-0.39, 0.29) is 4.90 Å². The van der Waals surface area contributed by atoms with Crippen LogP contribution in [0.4, 0.5) is 0 Å². The molecular weight excluding hydrogens is 357 g/mol. The SMILES string of the molecule is O=S(=O)(NSP(c1ccccc1)c1ccccc1)c1ccccc1. The Labute approximate surface area is 147 Å². The van der Waals surface area contributed by atoms with E-state index in [0.29, 0.717) is 0 Å². The van der Waals surface area contributed by atoms with E-state index in [4.69, 9.17) is 0 Å². The van der Waals surface area contributed by atoms with Crippen LogP contribution in [-0.2, 0) is 10.0 Å². The van der Waals surface area contributed by atoms with Crippen LogP contribution in [0.25, 0.3) is 0 Å². The third kappa shape index (κ3) is 4.25. The molecule has 0 saturated carbocycles. The molecule has 0 heterocycles. The molecule has 0 aliphatic heterocycles. The monoisotopic (exact) mass is 373 g/mol. The Kier molecular flexibility index (Phi) is 5.69. The van der Waals surface area contributed by atoms with Gasteiger partial charge in [-0.1, -0.05) is 78.9 Å². The van der Waals surface area contributed by atoms with Crippen molar-refractivity contribution >= 4 is 39.3 Å². The molecule has 0 radical (unpaired) electrons. The summed E-state index contributed by atoms with van der Waals surface area (Å²) >= 11 is 1.26. The van der Waals surface area contributed by atoms with E-state index in [2.05, 4.69) is 4.13 Å². The number of benzene rings is 3. The smallest absolute Gasteiger partial charge is 0.206 e. The lowest BCUT2D eigenvalue weighted by Gasteiger charge is -2.18.